The van der Waals surface area contributed by atoms with E-state index in [0.29, 0.717) is 4.34 Å². The van der Waals surface area contributed by atoms with Crippen LogP contribution in [-0.2, 0) is 0 Å². The number of alkyl halides is 1. The molecule has 2 aromatic rings. The first kappa shape index (κ1) is 15.0. The van der Waals surface area contributed by atoms with Crippen molar-refractivity contribution in [3.8, 4) is 11.5 Å². The van der Waals surface area contributed by atoms with Gasteiger partial charge in [0.15, 0.2) is 0 Å². The smallest absolute Gasteiger partial charge is 0.124 e. The summed E-state index contributed by atoms with van der Waals surface area (Å²) in [5.74, 6) is 1.46. The molecule has 0 spiro atoms. The third-order valence-corrected chi connectivity index (χ3v) is 5.76. The lowest BCUT2D eigenvalue weighted by atomic mass is 10.1. The molecule has 0 amide bonds. The van der Waals surface area contributed by atoms with Gasteiger partial charge < -0.3 is 9.47 Å². The molecule has 0 radical (unpaired) electrons. The van der Waals surface area contributed by atoms with Crippen molar-refractivity contribution in [1.29, 1.82) is 0 Å². The Labute approximate surface area is 134 Å². The molecule has 1 unspecified atom stereocenters. The van der Waals surface area contributed by atoms with Crippen molar-refractivity contribution in [1.82, 2.24) is 0 Å². The topological polar surface area (TPSA) is 18.5 Å². The molecular weight excluding hydrogens is 371 g/mol. The van der Waals surface area contributed by atoms with Gasteiger partial charge in [0.1, 0.15) is 15.8 Å². The van der Waals surface area contributed by atoms with E-state index in [1.807, 2.05) is 24.3 Å². The van der Waals surface area contributed by atoms with E-state index in [4.69, 9.17) is 32.7 Å². The van der Waals surface area contributed by atoms with Gasteiger partial charge in [-0.05, 0) is 40.2 Å². The van der Waals surface area contributed by atoms with Crippen molar-refractivity contribution >= 4 is 50.5 Å². The maximum Gasteiger partial charge on any atom is 0.124 e. The first-order valence-electron chi connectivity index (χ1n) is 5.37. The zero-order valence-electron chi connectivity index (χ0n) is 10.2. The summed E-state index contributed by atoms with van der Waals surface area (Å²) in [7, 11) is 3.24. The first-order chi connectivity index (χ1) is 9.06. The predicted octanol–water partition coefficient (Wildman–Crippen LogP) is 5.51. The van der Waals surface area contributed by atoms with Gasteiger partial charge in [0.25, 0.3) is 0 Å². The lowest BCUT2D eigenvalue weighted by molar-refractivity contribution is 0.399. The Hall–Kier alpha value is -0.420. The third-order valence-electron chi connectivity index (χ3n) is 2.62. The van der Waals surface area contributed by atoms with Gasteiger partial charge >= 0.3 is 0 Å². The second-order valence-corrected chi connectivity index (χ2v) is 6.72. The van der Waals surface area contributed by atoms with Crippen LogP contribution in [0.2, 0.25) is 4.34 Å². The van der Waals surface area contributed by atoms with Gasteiger partial charge in [-0.2, -0.15) is 0 Å². The van der Waals surface area contributed by atoms with Crippen LogP contribution in [0, 0.1) is 0 Å². The minimum Gasteiger partial charge on any atom is -0.497 e. The standard InChI is InChI=1S/C13H11BrCl2O2S/c1-17-7-3-4-10(18-2)8(5-7)12(15)11-6-9(14)13(16)19-11/h3-6,12H,1-2H3. The Morgan fingerprint density at radius 2 is 1.95 bits per heavy atom. The lowest BCUT2D eigenvalue weighted by Crippen LogP contribution is -1.97. The highest BCUT2D eigenvalue weighted by atomic mass is 79.9. The number of rotatable bonds is 4. The quantitative estimate of drug-likeness (QED) is 0.650. The molecule has 1 aromatic carbocycles. The van der Waals surface area contributed by atoms with Crippen molar-refractivity contribution in [3.05, 3.63) is 43.5 Å². The molecule has 102 valence electrons. The number of hydrogen-bond acceptors (Lipinski definition) is 3. The van der Waals surface area contributed by atoms with Gasteiger partial charge in [0.2, 0.25) is 0 Å². The molecule has 0 aliphatic heterocycles. The van der Waals surface area contributed by atoms with Crippen LogP contribution in [0.25, 0.3) is 0 Å². The van der Waals surface area contributed by atoms with Crippen LogP contribution in [0.3, 0.4) is 0 Å². The summed E-state index contributed by atoms with van der Waals surface area (Å²) in [6, 6.07) is 7.47. The molecule has 6 heteroatoms. The fourth-order valence-electron chi connectivity index (χ4n) is 1.68. The molecular formula is C13H11BrCl2O2S. The van der Waals surface area contributed by atoms with E-state index in [2.05, 4.69) is 15.9 Å². The van der Waals surface area contributed by atoms with Crippen LogP contribution in [-0.4, -0.2) is 14.2 Å². The van der Waals surface area contributed by atoms with Gasteiger partial charge in [-0.3, -0.25) is 0 Å². The predicted molar refractivity (Wildman–Crippen MR) is 84.3 cm³/mol. The normalized spacial score (nSPS) is 12.3. The van der Waals surface area contributed by atoms with Gasteiger partial charge in [0, 0.05) is 14.9 Å². The summed E-state index contributed by atoms with van der Waals surface area (Å²) in [4.78, 5) is 0.949. The largest absolute Gasteiger partial charge is 0.497 e. The Balaban J connectivity index is 2.44. The Morgan fingerprint density at radius 1 is 1.21 bits per heavy atom. The summed E-state index contributed by atoms with van der Waals surface area (Å²) in [5.41, 5.74) is 0.855. The van der Waals surface area contributed by atoms with Crippen molar-refractivity contribution in [2.45, 2.75) is 5.38 Å². The highest BCUT2D eigenvalue weighted by Gasteiger charge is 2.20. The van der Waals surface area contributed by atoms with E-state index in [0.717, 1.165) is 26.4 Å². The second kappa shape index (κ2) is 6.35. The number of benzene rings is 1. The molecule has 2 nitrogen and oxygen atoms in total. The van der Waals surface area contributed by atoms with E-state index < -0.39 is 0 Å². The van der Waals surface area contributed by atoms with E-state index in [1.54, 1.807) is 14.2 Å². The van der Waals surface area contributed by atoms with Gasteiger partial charge in [-0.15, -0.1) is 22.9 Å². The number of halogens is 3. The van der Waals surface area contributed by atoms with Gasteiger partial charge in [-0.25, -0.2) is 0 Å². The van der Waals surface area contributed by atoms with E-state index in [-0.39, 0.29) is 5.38 Å². The number of methoxy groups -OCH3 is 2. The number of thiophene rings is 1. The SMILES string of the molecule is COc1ccc(OC)c(C(Cl)c2cc(Br)c(Cl)s2)c1. The minimum atomic E-state index is -0.334. The van der Waals surface area contributed by atoms with Crippen LogP contribution < -0.4 is 9.47 Å². The molecule has 1 atom stereocenters. The Kier molecular flexibility index (Phi) is 5.01. The van der Waals surface area contributed by atoms with Crippen molar-refractivity contribution in [2.75, 3.05) is 14.2 Å². The summed E-state index contributed by atoms with van der Waals surface area (Å²) < 4.78 is 12.1. The molecule has 0 bridgehead atoms. The zero-order chi connectivity index (χ0) is 14.0. The van der Waals surface area contributed by atoms with E-state index in [9.17, 15) is 0 Å². The first-order valence-corrected chi connectivity index (χ1v) is 7.80. The lowest BCUT2D eigenvalue weighted by Gasteiger charge is -2.14. The Bertz CT molecular complexity index is 567. The maximum absolute atomic E-state index is 6.53. The minimum absolute atomic E-state index is 0.334. The van der Waals surface area contributed by atoms with Gasteiger partial charge in [0.05, 0.1) is 19.6 Å². The summed E-state index contributed by atoms with van der Waals surface area (Å²) in [6.07, 6.45) is 0. The molecule has 2 rings (SSSR count). The Morgan fingerprint density at radius 3 is 2.47 bits per heavy atom. The summed E-state index contributed by atoms with van der Waals surface area (Å²) >= 11 is 17.4. The number of hydrogen-bond donors (Lipinski definition) is 0. The van der Waals surface area contributed by atoms with Crippen LogP contribution >= 0.6 is 50.5 Å². The molecule has 1 heterocycles. The third kappa shape index (κ3) is 3.19. The molecule has 0 fully saturated rings. The van der Waals surface area contributed by atoms with Crippen LogP contribution in [0.15, 0.2) is 28.7 Å². The van der Waals surface area contributed by atoms with Crippen molar-refractivity contribution in [2.24, 2.45) is 0 Å². The molecule has 0 N–H and O–H groups in total. The highest BCUT2D eigenvalue weighted by molar-refractivity contribution is 9.10. The van der Waals surface area contributed by atoms with E-state index in [1.165, 1.54) is 11.3 Å². The maximum atomic E-state index is 6.53. The van der Waals surface area contributed by atoms with E-state index >= 15 is 0 Å². The molecule has 0 saturated heterocycles. The zero-order valence-corrected chi connectivity index (χ0v) is 14.2. The average molecular weight is 382 g/mol. The van der Waals surface area contributed by atoms with Crippen molar-refractivity contribution < 1.29 is 9.47 Å². The van der Waals surface area contributed by atoms with Crippen molar-refractivity contribution in [3.63, 3.8) is 0 Å². The molecule has 1 aromatic heterocycles. The summed E-state index contributed by atoms with van der Waals surface area (Å²) in [6.45, 7) is 0. The summed E-state index contributed by atoms with van der Waals surface area (Å²) in [5, 5.41) is -0.334. The molecule has 0 aliphatic carbocycles. The monoisotopic (exact) mass is 380 g/mol. The average Bonchev–Trinajstić information content (AvgIpc) is 2.77. The van der Waals surface area contributed by atoms with Crippen LogP contribution in [0.5, 0.6) is 11.5 Å². The second-order valence-electron chi connectivity index (χ2n) is 3.74. The van der Waals surface area contributed by atoms with Crippen LogP contribution in [0.1, 0.15) is 15.8 Å². The number of ether oxygens (including phenoxy) is 2. The fraction of sp³-hybridized carbons (Fsp3) is 0.231. The fourth-order valence-corrected chi connectivity index (χ4v) is 3.78. The van der Waals surface area contributed by atoms with Crippen LogP contribution in [0.4, 0.5) is 0 Å². The molecule has 0 saturated carbocycles. The van der Waals surface area contributed by atoms with Gasteiger partial charge in [-0.1, -0.05) is 11.6 Å². The molecule has 19 heavy (non-hydrogen) atoms. The molecule has 0 aliphatic rings. The highest BCUT2D eigenvalue weighted by Crippen LogP contribution is 2.43.